The molecule has 1 heterocycles. The number of halogens is 1. The van der Waals surface area contributed by atoms with Gasteiger partial charge in [-0.05, 0) is 24.6 Å². The van der Waals surface area contributed by atoms with Crippen molar-refractivity contribution in [2.75, 3.05) is 7.11 Å². The Labute approximate surface area is 105 Å². The fourth-order valence-electron chi connectivity index (χ4n) is 1.71. The molecule has 2 N–H and O–H groups in total. The van der Waals surface area contributed by atoms with Gasteiger partial charge in [0.05, 0.1) is 13.7 Å². The van der Waals surface area contributed by atoms with E-state index in [1.165, 1.54) is 13.2 Å². The molecular formula is C13H16FN3O. The van der Waals surface area contributed by atoms with E-state index in [0.29, 0.717) is 6.54 Å². The van der Waals surface area contributed by atoms with Crippen LogP contribution < -0.4 is 10.1 Å². The van der Waals surface area contributed by atoms with Gasteiger partial charge in [-0.3, -0.25) is 0 Å². The van der Waals surface area contributed by atoms with Crippen molar-refractivity contribution in [2.45, 2.75) is 19.5 Å². The Morgan fingerprint density at radius 3 is 2.94 bits per heavy atom. The van der Waals surface area contributed by atoms with Gasteiger partial charge in [0.25, 0.3) is 0 Å². The third-order valence-electron chi connectivity index (χ3n) is 2.81. The van der Waals surface area contributed by atoms with Gasteiger partial charge in [0, 0.05) is 18.4 Å². The van der Waals surface area contributed by atoms with Crippen LogP contribution >= 0.6 is 0 Å². The zero-order chi connectivity index (χ0) is 13.0. The highest BCUT2D eigenvalue weighted by molar-refractivity contribution is 5.30. The van der Waals surface area contributed by atoms with Crippen LogP contribution in [0.3, 0.4) is 0 Å². The topological polar surface area (TPSA) is 49.9 Å². The molecule has 0 amide bonds. The molecule has 0 spiro atoms. The van der Waals surface area contributed by atoms with Crippen LogP contribution in [0.15, 0.2) is 30.6 Å². The van der Waals surface area contributed by atoms with Crippen LogP contribution in [0, 0.1) is 5.82 Å². The Morgan fingerprint density at radius 1 is 1.50 bits per heavy atom. The molecule has 0 aliphatic heterocycles. The summed E-state index contributed by atoms with van der Waals surface area (Å²) in [5.74, 6) is 0.773. The molecule has 1 unspecified atom stereocenters. The Kier molecular flexibility index (Phi) is 3.94. The fourth-order valence-corrected chi connectivity index (χ4v) is 1.71. The van der Waals surface area contributed by atoms with E-state index in [0.717, 1.165) is 11.4 Å². The number of H-pyrrole nitrogens is 1. The van der Waals surface area contributed by atoms with Crippen LogP contribution in [0.5, 0.6) is 5.75 Å². The molecule has 0 fully saturated rings. The van der Waals surface area contributed by atoms with Crippen molar-refractivity contribution in [1.29, 1.82) is 0 Å². The monoisotopic (exact) mass is 249 g/mol. The lowest BCUT2D eigenvalue weighted by Gasteiger charge is -2.14. The number of hydrogen-bond acceptors (Lipinski definition) is 3. The summed E-state index contributed by atoms with van der Waals surface area (Å²) in [5.41, 5.74) is 0.875. The second-order valence-electron chi connectivity index (χ2n) is 4.03. The molecular weight excluding hydrogens is 233 g/mol. The summed E-state index contributed by atoms with van der Waals surface area (Å²) in [6, 6.07) is 5.01. The van der Waals surface area contributed by atoms with Crippen molar-refractivity contribution >= 4 is 0 Å². The van der Waals surface area contributed by atoms with Gasteiger partial charge in [0.2, 0.25) is 0 Å². The van der Waals surface area contributed by atoms with E-state index in [9.17, 15) is 4.39 Å². The number of rotatable bonds is 5. The van der Waals surface area contributed by atoms with Gasteiger partial charge in [-0.1, -0.05) is 6.07 Å². The number of imidazole rings is 1. The maximum absolute atomic E-state index is 13.6. The number of nitrogens with zero attached hydrogens (tertiary/aromatic N) is 1. The average Bonchev–Trinajstić information content (AvgIpc) is 2.89. The molecule has 2 rings (SSSR count). The van der Waals surface area contributed by atoms with Crippen molar-refractivity contribution in [2.24, 2.45) is 0 Å². The van der Waals surface area contributed by atoms with Crippen LogP contribution in [-0.4, -0.2) is 17.1 Å². The second kappa shape index (κ2) is 5.64. The van der Waals surface area contributed by atoms with Crippen LogP contribution in [0.25, 0.3) is 0 Å². The molecule has 0 saturated heterocycles. The summed E-state index contributed by atoms with van der Waals surface area (Å²) < 4.78 is 18.4. The summed E-state index contributed by atoms with van der Waals surface area (Å²) in [4.78, 5) is 7.12. The van der Waals surface area contributed by atoms with Crippen LogP contribution in [0.1, 0.15) is 24.4 Å². The minimum absolute atomic E-state index is 0.0375. The number of aromatic nitrogens is 2. The second-order valence-corrected chi connectivity index (χ2v) is 4.03. The fraction of sp³-hybridized carbons (Fsp3) is 0.308. The summed E-state index contributed by atoms with van der Waals surface area (Å²) in [6.45, 7) is 2.59. The first-order valence-electron chi connectivity index (χ1n) is 5.76. The smallest absolute Gasteiger partial charge is 0.165 e. The lowest BCUT2D eigenvalue weighted by molar-refractivity contribution is 0.385. The Morgan fingerprint density at radius 2 is 2.33 bits per heavy atom. The largest absolute Gasteiger partial charge is 0.494 e. The molecule has 18 heavy (non-hydrogen) atoms. The van der Waals surface area contributed by atoms with Gasteiger partial charge in [0.1, 0.15) is 5.82 Å². The third kappa shape index (κ3) is 2.87. The lowest BCUT2D eigenvalue weighted by Crippen LogP contribution is -2.19. The third-order valence-corrected chi connectivity index (χ3v) is 2.81. The highest BCUT2D eigenvalue weighted by atomic mass is 19.1. The number of methoxy groups -OCH3 is 1. The predicted molar refractivity (Wildman–Crippen MR) is 66.8 cm³/mol. The molecule has 1 atom stereocenters. The van der Waals surface area contributed by atoms with E-state index in [1.54, 1.807) is 18.5 Å². The van der Waals surface area contributed by atoms with Crippen molar-refractivity contribution in [3.8, 4) is 5.75 Å². The first-order valence-corrected chi connectivity index (χ1v) is 5.76. The van der Waals surface area contributed by atoms with Gasteiger partial charge in [-0.2, -0.15) is 0 Å². The normalized spacial score (nSPS) is 12.4. The van der Waals surface area contributed by atoms with E-state index in [-0.39, 0.29) is 17.6 Å². The van der Waals surface area contributed by atoms with Crippen molar-refractivity contribution < 1.29 is 9.13 Å². The van der Waals surface area contributed by atoms with Crippen molar-refractivity contribution in [1.82, 2.24) is 15.3 Å². The van der Waals surface area contributed by atoms with Gasteiger partial charge in [-0.25, -0.2) is 9.37 Å². The number of hydrogen-bond donors (Lipinski definition) is 2. The maximum Gasteiger partial charge on any atom is 0.165 e. The first kappa shape index (κ1) is 12.6. The summed E-state index contributed by atoms with van der Waals surface area (Å²) in [6.07, 6.45) is 3.48. The zero-order valence-electron chi connectivity index (χ0n) is 10.4. The summed E-state index contributed by atoms with van der Waals surface area (Å²) in [5, 5.41) is 3.26. The van der Waals surface area contributed by atoms with E-state index in [1.807, 2.05) is 13.0 Å². The van der Waals surface area contributed by atoms with Crippen molar-refractivity contribution in [3.05, 3.63) is 47.8 Å². The van der Waals surface area contributed by atoms with E-state index in [4.69, 9.17) is 4.74 Å². The summed E-state index contributed by atoms with van der Waals surface area (Å²) >= 11 is 0. The first-order chi connectivity index (χ1) is 8.70. The number of nitrogens with one attached hydrogen (secondary N) is 2. The van der Waals surface area contributed by atoms with Gasteiger partial charge in [0.15, 0.2) is 11.6 Å². The van der Waals surface area contributed by atoms with Crippen LogP contribution in [0.4, 0.5) is 4.39 Å². The number of aromatic amines is 1. The average molecular weight is 249 g/mol. The predicted octanol–water partition coefficient (Wildman–Crippen LogP) is 2.41. The minimum Gasteiger partial charge on any atom is -0.494 e. The molecule has 4 nitrogen and oxygen atoms in total. The lowest BCUT2D eigenvalue weighted by atomic mass is 10.1. The molecule has 5 heteroatoms. The Bertz CT molecular complexity index is 499. The van der Waals surface area contributed by atoms with E-state index < -0.39 is 0 Å². The molecule has 96 valence electrons. The van der Waals surface area contributed by atoms with Crippen LogP contribution in [-0.2, 0) is 6.54 Å². The Hall–Kier alpha value is -1.88. The van der Waals surface area contributed by atoms with Crippen LogP contribution in [0.2, 0.25) is 0 Å². The quantitative estimate of drug-likeness (QED) is 0.855. The standard InChI is InChI=1S/C13H16FN3O/c1-9(17-8-13-15-5-6-16-13)10-3-4-12(18-2)11(14)7-10/h3-7,9,17H,8H2,1-2H3,(H,15,16). The molecule has 0 aliphatic rings. The molecule has 0 saturated carbocycles. The molecule has 2 aromatic rings. The highest BCUT2D eigenvalue weighted by Crippen LogP contribution is 2.21. The van der Waals surface area contributed by atoms with Gasteiger partial charge < -0.3 is 15.0 Å². The Balaban J connectivity index is 2.00. The molecule has 0 bridgehead atoms. The SMILES string of the molecule is COc1ccc(C(C)NCc2ncc[nH]2)cc1F. The molecule has 0 radical (unpaired) electrons. The van der Waals surface area contributed by atoms with Gasteiger partial charge >= 0.3 is 0 Å². The summed E-state index contributed by atoms with van der Waals surface area (Å²) in [7, 11) is 1.46. The minimum atomic E-state index is -0.346. The molecule has 0 aliphatic carbocycles. The number of benzene rings is 1. The van der Waals surface area contributed by atoms with E-state index >= 15 is 0 Å². The van der Waals surface area contributed by atoms with Gasteiger partial charge in [-0.15, -0.1) is 0 Å². The highest BCUT2D eigenvalue weighted by Gasteiger charge is 2.09. The van der Waals surface area contributed by atoms with Crippen molar-refractivity contribution in [3.63, 3.8) is 0 Å². The molecule has 1 aromatic heterocycles. The maximum atomic E-state index is 13.6. The van der Waals surface area contributed by atoms with E-state index in [2.05, 4.69) is 15.3 Å². The zero-order valence-corrected chi connectivity index (χ0v) is 10.4. The molecule has 1 aromatic carbocycles. The number of ether oxygens (including phenoxy) is 1.